The maximum Gasteiger partial charge on any atom is 0.174 e. The van der Waals surface area contributed by atoms with Crippen LogP contribution in [-0.2, 0) is 9.13 Å². The highest BCUT2D eigenvalue weighted by Gasteiger charge is 2.21. The molecule has 0 saturated heterocycles. The molecular formula is C3H8Cl2O2P2. The molecule has 56 valence electrons. The van der Waals surface area contributed by atoms with Crippen LogP contribution in [0, 0.1) is 0 Å². The van der Waals surface area contributed by atoms with Crippen molar-refractivity contribution in [2.24, 2.45) is 0 Å². The first kappa shape index (κ1) is 10.0. The van der Waals surface area contributed by atoms with Gasteiger partial charge in [0.05, 0.1) is 5.90 Å². The molecule has 0 N–H and O–H groups in total. The summed E-state index contributed by atoms with van der Waals surface area (Å²) in [5, 5.41) is 0. The van der Waals surface area contributed by atoms with Gasteiger partial charge in [0.2, 0.25) is 0 Å². The van der Waals surface area contributed by atoms with Gasteiger partial charge in [-0.1, -0.05) is 22.5 Å². The Kier molecular flexibility index (Phi) is 3.31. The zero-order valence-corrected chi connectivity index (χ0v) is 8.47. The Morgan fingerprint density at radius 1 is 1.11 bits per heavy atom. The van der Waals surface area contributed by atoms with Crippen LogP contribution in [0.5, 0.6) is 0 Å². The molecule has 0 heterocycles. The zero-order valence-electron chi connectivity index (χ0n) is 5.17. The summed E-state index contributed by atoms with van der Waals surface area (Å²) in [5.41, 5.74) is 0. The largest absolute Gasteiger partial charge is 0.306 e. The van der Waals surface area contributed by atoms with Crippen LogP contribution in [0.25, 0.3) is 0 Å². The Hall–Kier alpha value is 1.04. The third kappa shape index (κ3) is 9.04. The van der Waals surface area contributed by atoms with Crippen molar-refractivity contribution in [1.29, 1.82) is 0 Å². The summed E-state index contributed by atoms with van der Waals surface area (Å²) in [7, 11) is 0. The van der Waals surface area contributed by atoms with E-state index in [2.05, 4.69) is 0 Å². The summed E-state index contributed by atoms with van der Waals surface area (Å²) >= 11 is 10.6. The molecule has 0 aliphatic heterocycles. The van der Waals surface area contributed by atoms with E-state index < -0.39 is 13.0 Å². The molecule has 9 heavy (non-hydrogen) atoms. The summed E-state index contributed by atoms with van der Waals surface area (Å²) < 4.78 is 21.5. The third-order valence-electron chi connectivity index (χ3n) is 0.505. The first-order chi connectivity index (χ1) is 3.71. The fraction of sp³-hybridized carbons (Fsp3) is 1.00. The Balaban J connectivity index is 4.07. The monoisotopic (exact) mass is 208 g/mol. The minimum atomic E-state index is -2.71. The molecule has 0 spiro atoms. The molecule has 0 aliphatic rings. The molecule has 2 atom stereocenters. The standard InChI is InChI=1S/C3H8Cl2O2P2/c1-8(4,6)3-9(2,5)7/h3H2,1-2H3. The summed E-state index contributed by atoms with van der Waals surface area (Å²) in [4.78, 5) is 0. The van der Waals surface area contributed by atoms with Gasteiger partial charge >= 0.3 is 0 Å². The van der Waals surface area contributed by atoms with E-state index in [1.165, 1.54) is 13.3 Å². The number of hydrogen-bond acceptors (Lipinski definition) is 2. The molecule has 0 amide bonds. The fourth-order valence-corrected chi connectivity index (χ4v) is 8.23. The predicted octanol–water partition coefficient (Wildman–Crippen LogP) is 3.24. The normalized spacial score (nSPS) is 24.4. The zero-order chi connectivity index (χ0) is 7.71. The topological polar surface area (TPSA) is 34.1 Å². The van der Waals surface area contributed by atoms with Crippen LogP contribution in [0.2, 0.25) is 0 Å². The molecule has 0 aromatic heterocycles. The van der Waals surface area contributed by atoms with Crippen LogP contribution in [-0.4, -0.2) is 19.2 Å². The summed E-state index contributed by atoms with van der Waals surface area (Å²) in [6.45, 7) is -2.71. The van der Waals surface area contributed by atoms with E-state index >= 15 is 0 Å². The smallest absolute Gasteiger partial charge is 0.174 e. The van der Waals surface area contributed by atoms with E-state index in [1.807, 2.05) is 0 Å². The van der Waals surface area contributed by atoms with Crippen LogP contribution in [0.4, 0.5) is 0 Å². The second-order valence-corrected chi connectivity index (χ2v) is 11.5. The van der Waals surface area contributed by atoms with Crippen LogP contribution in [0.1, 0.15) is 0 Å². The summed E-state index contributed by atoms with van der Waals surface area (Å²) in [6.07, 6.45) is 0. The Morgan fingerprint density at radius 3 is 1.33 bits per heavy atom. The van der Waals surface area contributed by atoms with E-state index in [0.717, 1.165) is 0 Å². The maximum atomic E-state index is 10.7. The molecule has 0 fully saturated rings. The van der Waals surface area contributed by atoms with Crippen LogP contribution in [0.3, 0.4) is 0 Å². The van der Waals surface area contributed by atoms with Gasteiger partial charge in [-0.2, -0.15) is 0 Å². The quantitative estimate of drug-likeness (QED) is 0.654. The first-order valence-corrected chi connectivity index (χ1v) is 8.72. The molecule has 0 saturated carbocycles. The third-order valence-corrected chi connectivity index (χ3v) is 6.47. The van der Waals surface area contributed by atoms with Crippen molar-refractivity contribution < 1.29 is 9.13 Å². The van der Waals surface area contributed by atoms with E-state index in [-0.39, 0.29) is 5.90 Å². The Morgan fingerprint density at radius 2 is 1.33 bits per heavy atom. The van der Waals surface area contributed by atoms with Gasteiger partial charge in [0, 0.05) is 13.3 Å². The lowest BCUT2D eigenvalue weighted by molar-refractivity contribution is 0.583. The minimum absolute atomic E-state index is 0.0664. The molecule has 0 aliphatic carbocycles. The lowest BCUT2D eigenvalue weighted by atomic mass is 11.9. The van der Waals surface area contributed by atoms with Gasteiger partial charge in [0.1, 0.15) is 0 Å². The van der Waals surface area contributed by atoms with Crippen molar-refractivity contribution in [3.8, 4) is 0 Å². The van der Waals surface area contributed by atoms with Crippen molar-refractivity contribution >= 4 is 35.5 Å². The summed E-state index contributed by atoms with van der Waals surface area (Å²) in [5.74, 6) is -0.0664. The SMILES string of the molecule is CP(=O)(Cl)CP(C)(=O)Cl. The lowest BCUT2D eigenvalue weighted by Gasteiger charge is -2.04. The molecule has 0 radical (unpaired) electrons. The van der Waals surface area contributed by atoms with E-state index in [1.54, 1.807) is 0 Å². The maximum absolute atomic E-state index is 10.7. The Labute approximate surface area is 64.2 Å². The number of halogens is 2. The van der Waals surface area contributed by atoms with E-state index in [0.29, 0.717) is 0 Å². The van der Waals surface area contributed by atoms with Gasteiger partial charge in [0.25, 0.3) is 0 Å². The minimum Gasteiger partial charge on any atom is -0.306 e. The first-order valence-electron chi connectivity index (χ1n) is 2.23. The highest BCUT2D eigenvalue weighted by Crippen LogP contribution is 2.63. The van der Waals surface area contributed by atoms with Gasteiger partial charge in [-0.3, -0.25) is 0 Å². The van der Waals surface area contributed by atoms with Gasteiger partial charge in [-0.05, 0) is 0 Å². The molecule has 2 unspecified atom stereocenters. The van der Waals surface area contributed by atoms with Crippen LogP contribution >= 0.6 is 35.5 Å². The molecule has 0 aromatic rings. The van der Waals surface area contributed by atoms with E-state index in [4.69, 9.17) is 22.5 Å². The average molecular weight is 209 g/mol. The second-order valence-electron chi connectivity index (χ2n) is 2.11. The van der Waals surface area contributed by atoms with Crippen LogP contribution < -0.4 is 0 Å². The van der Waals surface area contributed by atoms with Crippen molar-refractivity contribution in [3.63, 3.8) is 0 Å². The summed E-state index contributed by atoms with van der Waals surface area (Å²) in [6, 6.07) is 0. The average Bonchev–Trinajstić information content (AvgIpc) is 1.14. The molecular weight excluding hydrogens is 201 g/mol. The van der Waals surface area contributed by atoms with Crippen molar-refractivity contribution in [1.82, 2.24) is 0 Å². The fourth-order valence-electron chi connectivity index (χ4n) is 0.451. The second kappa shape index (κ2) is 2.96. The predicted molar refractivity (Wildman–Crippen MR) is 43.6 cm³/mol. The molecule has 0 aromatic carbocycles. The van der Waals surface area contributed by atoms with Gasteiger partial charge < -0.3 is 9.13 Å². The number of rotatable bonds is 2. The number of hydrogen-bond donors (Lipinski definition) is 0. The highest BCUT2D eigenvalue weighted by atomic mass is 35.7. The Bertz CT molecular complexity index is 158. The van der Waals surface area contributed by atoms with Gasteiger partial charge in [-0.15, -0.1) is 0 Å². The lowest BCUT2D eigenvalue weighted by Crippen LogP contribution is -1.77. The van der Waals surface area contributed by atoms with Crippen LogP contribution in [0.15, 0.2) is 0 Å². The molecule has 6 heteroatoms. The highest BCUT2D eigenvalue weighted by molar-refractivity contribution is 8.02. The van der Waals surface area contributed by atoms with E-state index in [9.17, 15) is 9.13 Å². The van der Waals surface area contributed by atoms with Gasteiger partial charge in [0.15, 0.2) is 13.0 Å². The van der Waals surface area contributed by atoms with Gasteiger partial charge in [-0.25, -0.2) is 0 Å². The molecule has 0 bridgehead atoms. The van der Waals surface area contributed by atoms with Crippen molar-refractivity contribution in [3.05, 3.63) is 0 Å². The molecule has 0 rings (SSSR count). The molecule has 2 nitrogen and oxygen atoms in total. The van der Waals surface area contributed by atoms with Crippen molar-refractivity contribution in [2.75, 3.05) is 19.2 Å². The van der Waals surface area contributed by atoms with Crippen molar-refractivity contribution in [2.45, 2.75) is 0 Å².